The number of nitrogens with zero attached hydrogens (tertiary/aromatic N) is 2. The highest BCUT2D eigenvalue weighted by Crippen LogP contribution is 2.52. The third kappa shape index (κ3) is 5.78. The van der Waals surface area contributed by atoms with E-state index in [1.807, 2.05) is 12.1 Å². The molecular formula is C28H34N2O2. The first-order chi connectivity index (χ1) is 15.6. The van der Waals surface area contributed by atoms with Crippen LogP contribution in [0.15, 0.2) is 54.6 Å². The second-order valence-corrected chi connectivity index (χ2v) is 9.84. The molecule has 1 saturated carbocycles. The summed E-state index contributed by atoms with van der Waals surface area (Å²) < 4.78 is 0. The van der Waals surface area contributed by atoms with Crippen LogP contribution in [-0.2, 0) is 6.42 Å². The molecule has 1 aliphatic heterocycles. The molecule has 4 rings (SSSR count). The Labute approximate surface area is 191 Å². The summed E-state index contributed by atoms with van der Waals surface area (Å²) in [5, 5.41) is 18.2. The monoisotopic (exact) mass is 430 g/mol. The first kappa shape index (κ1) is 22.6. The molecule has 2 atom stereocenters. The number of rotatable bonds is 10. The van der Waals surface area contributed by atoms with E-state index in [0.29, 0.717) is 12.0 Å². The fraction of sp³-hybridized carbons (Fsp3) is 0.500. The highest BCUT2D eigenvalue weighted by Gasteiger charge is 2.41. The van der Waals surface area contributed by atoms with Crippen LogP contribution in [0.5, 0.6) is 0 Å². The molecule has 2 fully saturated rings. The normalized spacial score (nSPS) is 22.2. The summed E-state index contributed by atoms with van der Waals surface area (Å²) in [7, 11) is 0. The number of carboxylic acid groups (broad SMARTS) is 1. The number of unbranched alkanes of at least 4 members (excludes halogenated alkanes) is 1. The van der Waals surface area contributed by atoms with Crippen LogP contribution in [0.3, 0.4) is 0 Å². The topological polar surface area (TPSA) is 64.3 Å². The first-order valence-electron chi connectivity index (χ1n) is 12.1. The number of likely N-dealkylation sites (tertiary alicyclic amines) is 1. The molecule has 0 aromatic heterocycles. The van der Waals surface area contributed by atoms with Crippen LogP contribution in [0.25, 0.3) is 0 Å². The Bertz CT molecular complexity index is 941. The molecule has 2 aliphatic rings. The number of benzene rings is 2. The fourth-order valence-electron chi connectivity index (χ4n) is 5.56. The van der Waals surface area contributed by atoms with Gasteiger partial charge in [0.25, 0.3) is 0 Å². The molecule has 2 aromatic rings. The molecular weight excluding hydrogens is 396 g/mol. The molecule has 2 aromatic carbocycles. The molecule has 4 heteroatoms. The molecule has 1 N–H and O–H groups in total. The molecule has 1 aliphatic carbocycles. The van der Waals surface area contributed by atoms with Gasteiger partial charge in [-0.2, -0.15) is 5.26 Å². The molecule has 32 heavy (non-hydrogen) atoms. The number of piperidine rings is 1. The Morgan fingerprint density at radius 1 is 1.12 bits per heavy atom. The zero-order valence-corrected chi connectivity index (χ0v) is 18.9. The zero-order valence-electron chi connectivity index (χ0n) is 18.9. The third-order valence-electron chi connectivity index (χ3n) is 7.63. The van der Waals surface area contributed by atoms with Crippen molar-refractivity contribution in [1.82, 2.24) is 4.90 Å². The Kier molecular flexibility index (Phi) is 7.27. The Balaban J connectivity index is 1.41. The van der Waals surface area contributed by atoms with E-state index in [9.17, 15) is 9.90 Å². The summed E-state index contributed by atoms with van der Waals surface area (Å²) in [4.78, 5) is 14.0. The molecule has 0 spiro atoms. The maximum absolute atomic E-state index is 11.5. The van der Waals surface area contributed by atoms with Crippen molar-refractivity contribution in [2.75, 3.05) is 19.6 Å². The van der Waals surface area contributed by atoms with Gasteiger partial charge in [0.2, 0.25) is 0 Å². The van der Waals surface area contributed by atoms with Crippen molar-refractivity contribution in [2.24, 2.45) is 11.3 Å². The van der Waals surface area contributed by atoms with Gasteiger partial charge in [-0.05, 0) is 105 Å². The van der Waals surface area contributed by atoms with Gasteiger partial charge in [0.1, 0.15) is 0 Å². The quantitative estimate of drug-likeness (QED) is 0.477. The van der Waals surface area contributed by atoms with Crippen LogP contribution in [0, 0.1) is 22.7 Å². The average molecular weight is 431 g/mol. The van der Waals surface area contributed by atoms with Crippen LogP contribution >= 0.6 is 0 Å². The van der Waals surface area contributed by atoms with Gasteiger partial charge in [0, 0.05) is 6.42 Å². The predicted octanol–water partition coefficient (Wildman–Crippen LogP) is 5.90. The summed E-state index contributed by atoms with van der Waals surface area (Å²) in [6.07, 6.45) is 8.62. The minimum atomic E-state index is -0.850. The smallest absolute Gasteiger partial charge is 0.335 e. The van der Waals surface area contributed by atoms with E-state index in [0.717, 1.165) is 62.7 Å². The molecule has 1 unspecified atom stereocenters. The lowest BCUT2D eigenvalue weighted by molar-refractivity contribution is 0.0696. The van der Waals surface area contributed by atoms with Crippen molar-refractivity contribution in [1.29, 1.82) is 5.26 Å². The van der Waals surface area contributed by atoms with Gasteiger partial charge in [-0.15, -0.1) is 0 Å². The second kappa shape index (κ2) is 10.3. The van der Waals surface area contributed by atoms with Gasteiger partial charge in [0.15, 0.2) is 0 Å². The highest BCUT2D eigenvalue weighted by molar-refractivity contribution is 5.87. The van der Waals surface area contributed by atoms with Gasteiger partial charge in [-0.3, -0.25) is 0 Å². The molecule has 1 saturated heterocycles. The first-order valence-corrected chi connectivity index (χ1v) is 12.1. The predicted molar refractivity (Wildman–Crippen MR) is 127 cm³/mol. The van der Waals surface area contributed by atoms with Crippen LogP contribution in [0.2, 0.25) is 0 Å². The van der Waals surface area contributed by atoms with Crippen LogP contribution < -0.4 is 0 Å². The molecule has 0 bridgehead atoms. The van der Waals surface area contributed by atoms with Crippen LogP contribution in [-0.4, -0.2) is 35.6 Å². The minimum absolute atomic E-state index is 0.243. The lowest BCUT2D eigenvalue weighted by Gasteiger charge is -2.42. The van der Waals surface area contributed by atoms with E-state index < -0.39 is 5.97 Å². The van der Waals surface area contributed by atoms with Crippen LogP contribution in [0.1, 0.15) is 72.3 Å². The molecule has 4 nitrogen and oxygen atoms in total. The number of aromatic carboxylic acids is 1. The van der Waals surface area contributed by atoms with E-state index in [4.69, 9.17) is 5.26 Å². The Morgan fingerprint density at radius 3 is 2.62 bits per heavy atom. The molecule has 168 valence electrons. The molecule has 0 radical (unpaired) electrons. The number of carboxylic acids is 1. The van der Waals surface area contributed by atoms with Crippen molar-refractivity contribution in [2.45, 2.75) is 57.3 Å². The summed E-state index contributed by atoms with van der Waals surface area (Å²) in [6.45, 7) is 3.17. The van der Waals surface area contributed by atoms with Crippen molar-refractivity contribution < 1.29 is 9.90 Å². The van der Waals surface area contributed by atoms with Gasteiger partial charge >= 0.3 is 5.97 Å². The van der Waals surface area contributed by atoms with E-state index in [-0.39, 0.29) is 5.41 Å². The van der Waals surface area contributed by atoms with Crippen LogP contribution in [0.4, 0.5) is 0 Å². The van der Waals surface area contributed by atoms with Gasteiger partial charge in [-0.25, -0.2) is 4.79 Å². The van der Waals surface area contributed by atoms with E-state index in [1.165, 1.54) is 24.8 Å². The SMILES string of the molecule is N#CCCCN1CCC(CC[C@@H]2CC2c2ccccc2)(Cc2cccc(C(=O)O)c2)CC1. The van der Waals surface area contributed by atoms with E-state index in [1.54, 1.807) is 6.07 Å². The number of nitriles is 1. The van der Waals surface area contributed by atoms with Crippen molar-refractivity contribution in [3.63, 3.8) is 0 Å². The Hall–Kier alpha value is -2.64. The highest BCUT2D eigenvalue weighted by atomic mass is 16.4. The summed E-state index contributed by atoms with van der Waals surface area (Å²) in [5.41, 5.74) is 3.26. The average Bonchev–Trinajstić information content (AvgIpc) is 3.60. The maximum Gasteiger partial charge on any atom is 0.335 e. The molecule has 0 amide bonds. The minimum Gasteiger partial charge on any atom is -0.478 e. The fourth-order valence-corrected chi connectivity index (χ4v) is 5.56. The van der Waals surface area contributed by atoms with Gasteiger partial charge in [-0.1, -0.05) is 42.5 Å². The largest absolute Gasteiger partial charge is 0.478 e. The van der Waals surface area contributed by atoms with E-state index >= 15 is 0 Å². The second-order valence-electron chi connectivity index (χ2n) is 9.84. The number of hydrogen-bond donors (Lipinski definition) is 1. The third-order valence-corrected chi connectivity index (χ3v) is 7.63. The zero-order chi connectivity index (χ0) is 22.4. The lowest BCUT2D eigenvalue weighted by Crippen LogP contribution is -2.41. The van der Waals surface area contributed by atoms with Crippen molar-refractivity contribution in [3.05, 3.63) is 71.3 Å². The molecule has 1 heterocycles. The number of carbonyl (C=O) groups is 1. The number of hydrogen-bond acceptors (Lipinski definition) is 3. The lowest BCUT2D eigenvalue weighted by atomic mass is 9.70. The summed E-state index contributed by atoms with van der Waals surface area (Å²) >= 11 is 0. The van der Waals surface area contributed by atoms with Crippen molar-refractivity contribution in [3.8, 4) is 6.07 Å². The van der Waals surface area contributed by atoms with Crippen molar-refractivity contribution >= 4 is 5.97 Å². The summed E-state index contributed by atoms with van der Waals surface area (Å²) in [6, 6.07) is 20.7. The van der Waals surface area contributed by atoms with Gasteiger partial charge in [0.05, 0.1) is 11.6 Å². The van der Waals surface area contributed by atoms with Gasteiger partial charge < -0.3 is 10.0 Å². The maximum atomic E-state index is 11.5. The summed E-state index contributed by atoms with van der Waals surface area (Å²) in [5.74, 6) is 0.653. The standard InChI is InChI=1S/C28H34N2O2/c29-15-4-5-16-30-17-13-28(14-18-30,21-22-7-6-10-25(19-22)27(31)32)12-11-24-20-26(24)23-8-2-1-3-9-23/h1-3,6-10,19,24,26H,4-5,11-14,16-18,20-21H2,(H,31,32)/t24-,26?/m1/s1. The Morgan fingerprint density at radius 2 is 1.91 bits per heavy atom. The van der Waals surface area contributed by atoms with E-state index in [2.05, 4.69) is 47.4 Å².